The molecule has 2 heterocycles. The molecule has 5 unspecified atom stereocenters. The largest absolute Gasteiger partial charge is 0.475 e. The van der Waals surface area contributed by atoms with Crippen molar-refractivity contribution in [1.82, 2.24) is 9.55 Å². The molecule has 0 aliphatic carbocycles. The Morgan fingerprint density at radius 2 is 1.43 bits per heavy atom. The predicted octanol–water partition coefficient (Wildman–Crippen LogP) is 4.47. The minimum absolute atomic E-state index is 0.000837. The van der Waals surface area contributed by atoms with E-state index in [0.29, 0.717) is 0 Å². The minimum atomic E-state index is -4.83. The first kappa shape index (κ1) is 38.2. The number of phosphoric acid groups is 1. The van der Waals surface area contributed by atoms with Crippen molar-refractivity contribution in [3.8, 4) is 0 Å². The normalized spacial score (nSPS) is 21.9. The quantitative estimate of drug-likeness (QED) is 0.0990. The molecule has 266 valence electrons. The molecule has 1 aromatic heterocycles. The van der Waals surface area contributed by atoms with E-state index in [-0.39, 0.29) is 21.8 Å². The third-order valence-corrected chi connectivity index (χ3v) is 14.5. The van der Waals surface area contributed by atoms with Crippen LogP contribution in [0.3, 0.4) is 0 Å². The Balaban J connectivity index is 1.62. The van der Waals surface area contributed by atoms with Gasteiger partial charge in [0.1, 0.15) is 6.23 Å². The number of benzene rings is 2. The van der Waals surface area contributed by atoms with E-state index in [1.54, 1.807) is 36.4 Å². The highest BCUT2D eigenvalue weighted by Gasteiger charge is 2.43. The zero-order chi connectivity index (χ0) is 36.1. The fourth-order valence-electron chi connectivity index (χ4n) is 5.01. The second-order valence-corrected chi connectivity index (χ2v) is 17.8. The van der Waals surface area contributed by atoms with Gasteiger partial charge in [0.05, 0.1) is 51.3 Å². The molecule has 1 saturated heterocycles. The lowest BCUT2D eigenvalue weighted by Crippen LogP contribution is -2.35. The van der Waals surface area contributed by atoms with Gasteiger partial charge in [0.25, 0.3) is 5.56 Å². The van der Waals surface area contributed by atoms with Gasteiger partial charge >= 0.3 is 13.5 Å². The molecular weight excluding hydrogens is 701 g/mol. The number of hydrogen-bond acceptors (Lipinski definition) is 12. The van der Waals surface area contributed by atoms with E-state index in [2.05, 4.69) is 15.0 Å². The zero-order valence-electron chi connectivity index (χ0n) is 27.3. The number of aryl methyl sites for hydroxylation is 1. The fourth-order valence-corrected chi connectivity index (χ4v) is 9.90. The summed E-state index contributed by atoms with van der Waals surface area (Å²) in [4.78, 5) is 29.4. The van der Waals surface area contributed by atoms with E-state index in [4.69, 9.17) is 18.3 Å². The monoisotopic (exact) mass is 739 g/mol. The summed E-state index contributed by atoms with van der Waals surface area (Å²) in [6, 6.07) is 14.2. The highest BCUT2D eigenvalue weighted by Crippen LogP contribution is 2.54. The Morgan fingerprint density at radius 1 is 0.939 bits per heavy atom. The van der Waals surface area contributed by atoms with Crippen LogP contribution in [-0.2, 0) is 42.5 Å². The van der Waals surface area contributed by atoms with Gasteiger partial charge in [-0.05, 0) is 64.4 Å². The molecule has 0 spiro atoms. The molecule has 7 atom stereocenters. The molecule has 2 aromatic carbocycles. The van der Waals surface area contributed by atoms with Crippen molar-refractivity contribution >= 4 is 27.5 Å². The SMILES string of the molecule is Cc1cn([C@H]2CC(N=[N+]=[N-])[C@@H](COP(=O)(OC(C)C(C)S(=O)(=O)c3ccccc3)OC(C)C(C)S(=O)(=O)c3ccccc3)O2)c(=O)[nH]c1=O. The maximum atomic E-state index is 14.4. The summed E-state index contributed by atoms with van der Waals surface area (Å²) in [5.41, 5.74) is 8.05. The van der Waals surface area contributed by atoms with E-state index < -0.39 is 86.4 Å². The van der Waals surface area contributed by atoms with Crippen LogP contribution in [0.4, 0.5) is 0 Å². The van der Waals surface area contributed by atoms with Crippen molar-refractivity contribution in [2.75, 3.05) is 6.61 Å². The molecule has 1 aliphatic heterocycles. The van der Waals surface area contributed by atoms with Gasteiger partial charge in [-0.3, -0.25) is 27.9 Å². The van der Waals surface area contributed by atoms with E-state index >= 15 is 0 Å². The van der Waals surface area contributed by atoms with E-state index in [1.165, 1.54) is 65.1 Å². The number of H-pyrrole nitrogens is 1. The lowest BCUT2D eigenvalue weighted by Gasteiger charge is -2.30. The van der Waals surface area contributed by atoms with Crippen molar-refractivity contribution in [1.29, 1.82) is 0 Å². The molecule has 0 saturated carbocycles. The predicted molar refractivity (Wildman–Crippen MR) is 178 cm³/mol. The molecule has 1 fully saturated rings. The van der Waals surface area contributed by atoms with Crippen LogP contribution in [0.2, 0.25) is 0 Å². The van der Waals surface area contributed by atoms with E-state index in [1.807, 2.05) is 0 Å². The van der Waals surface area contributed by atoms with Crippen LogP contribution in [0.5, 0.6) is 0 Å². The van der Waals surface area contributed by atoms with Gasteiger partial charge < -0.3 is 4.74 Å². The summed E-state index contributed by atoms with van der Waals surface area (Å²) in [7, 11) is -12.8. The third-order valence-electron chi connectivity index (χ3n) is 8.29. The van der Waals surface area contributed by atoms with Gasteiger partial charge in [-0.2, -0.15) is 0 Å². The highest BCUT2D eigenvalue weighted by atomic mass is 32.2. The van der Waals surface area contributed by atoms with Crippen molar-refractivity contribution < 1.29 is 39.7 Å². The first-order valence-electron chi connectivity index (χ1n) is 15.2. The number of nitrogens with one attached hydrogen (secondary N) is 1. The number of rotatable bonds is 15. The summed E-state index contributed by atoms with van der Waals surface area (Å²) in [5, 5.41) is 1.18. The Kier molecular flexibility index (Phi) is 12.1. The molecule has 3 aromatic rings. The van der Waals surface area contributed by atoms with Crippen LogP contribution in [0, 0.1) is 6.92 Å². The Labute approximate surface area is 283 Å². The number of aromatic amines is 1. The van der Waals surface area contributed by atoms with E-state index in [0.717, 1.165) is 4.57 Å². The number of azide groups is 1. The first-order chi connectivity index (χ1) is 23.0. The maximum Gasteiger partial charge on any atom is 0.475 e. The number of hydrogen-bond donors (Lipinski definition) is 1. The maximum absolute atomic E-state index is 14.4. The Morgan fingerprint density at radius 3 is 1.90 bits per heavy atom. The number of ether oxygens (including phenoxy) is 1. The molecule has 0 bridgehead atoms. The number of phosphoric ester groups is 1. The topological polar surface area (TPSA) is 226 Å². The molecule has 49 heavy (non-hydrogen) atoms. The summed E-state index contributed by atoms with van der Waals surface area (Å²) in [6.45, 7) is 6.31. The Bertz CT molecular complexity index is 1970. The van der Waals surface area contributed by atoms with Gasteiger partial charge in [-0.1, -0.05) is 41.5 Å². The van der Waals surface area contributed by atoms with Crippen LogP contribution in [0.25, 0.3) is 10.4 Å². The van der Waals surface area contributed by atoms with Crippen LogP contribution in [-0.4, -0.2) is 67.8 Å². The zero-order valence-corrected chi connectivity index (χ0v) is 29.9. The average molecular weight is 740 g/mol. The van der Waals surface area contributed by atoms with Crippen LogP contribution in [0.15, 0.2) is 91.4 Å². The van der Waals surface area contributed by atoms with Crippen molar-refractivity contribution in [2.45, 2.75) is 91.9 Å². The lowest BCUT2D eigenvalue weighted by molar-refractivity contribution is -0.0344. The average Bonchev–Trinajstić information content (AvgIpc) is 3.47. The first-order valence-corrected chi connectivity index (χ1v) is 19.8. The van der Waals surface area contributed by atoms with Gasteiger partial charge in [0.15, 0.2) is 19.7 Å². The van der Waals surface area contributed by atoms with Gasteiger partial charge in [0.2, 0.25) is 0 Å². The van der Waals surface area contributed by atoms with Crippen molar-refractivity contribution in [3.05, 3.63) is 104 Å². The highest BCUT2D eigenvalue weighted by molar-refractivity contribution is 7.92. The molecule has 19 heteroatoms. The molecule has 1 aliphatic rings. The lowest BCUT2D eigenvalue weighted by atomic mass is 10.1. The molecule has 0 radical (unpaired) electrons. The minimum Gasteiger partial charge on any atom is -0.352 e. The van der Waals surface area contributed by atoms with Gasteiger partial charge in [-0.25, -0.2) is 26.2 Å². The van der Waals surface area contributed by atoms with Crippen LogP contribution in [0.1, 0.15) is 45.9 Å². The second kappa shape index (κ2) is 15.5. The molecular formula is C30H38N5O11PS2. The summed E-state index contributed by atoms with van der Waals surface area (Å²) >= 11 is 0. The molecule has 1 N–H and O–H groups in total. The number of aromatic nitrogens is 2. The number of sulfone groups is 2. The molecule has 4 rings (SSSR count). The van der Waals surface area contributed by atoms with Gasteiger partial charge in [-0.15, -0.1) is 0 Å². The van der Waals surface area contributed by atoms with Crippen LogP contribution < -0.4 is 11.2 Å². The van der Waals surface area contributed by atoms with Gasteiger partial charge in [0, 0.05) is 23.1 Å². The standard InChI is InChI=1S/C30H38N5O11PS2/c1-19-17-35(30(37)32-29(19)36)28-16-26(33-34-31)27(44-28)18-43-47(38,45-20(2)22(4)48(39,40)24-12-8-6-9-13-24)46-21(3)23(5)49(41,42)25-14-10-7-11-15-25/h6-15,17,20-23,26-28H,16,18H2,1-5H3,(H,32,36,37)/t20?,21?,22?,23?,26?,27-,28-,47?/m1/s1. The van der Waals surface area contributed by atoms with E-state index in [9.17, 15) is 36.5 Å². The Hall–Kier alpha value is -3.60. The summed E-state index contributed by atoms with van der Waals surface area (Å²) in [5.74, 6) is 0. The fraction of sp³-hybridized carbons (Fsp3) is 0.467. The molecule has 0 amide bonds. The van der Waals surface area contributed by atoms with Crippen molar-refractivity contribution in [2.24, 2.45) is 5.11 Å². The number of nitrogens with zero attached hydrogens (tertiary/aromatic N) is 4. The smallest absolute Gasteiger partial charge is 0.352 e. The van der Waals surface area contributed by atoms with Crippen LogP contribution >= 0.6 is 7.82 Å². The second-order valence-electron chi connectivity index (χ2n) is 11.6. The van der Waals surface area contributed by atoms with Crippen molar-refractivity contribution in [3.63, 3.8) is 0 Å². The summed E-state index contributed by atoms with van der Waals surface area (Å²) < 4.78 is 92.0. The molecule has 16 nitrogen and oxygen atoms in total. The third kappa shape index (κ3) is 8.77. The summed E-state index contributed by atoms with van der Waals surface area (Å²) in [6.07, 6.45) is -3.50.